The van der Waals surface area contributed by atoms with Crippen LogP contribution in [0.3, 0.4) is 0 Å². The molecule has 0 N–H and O–H groups in total. The average molecular weight is 279 g/mol. The molecule has 1 aliphatic carbocycles. The third-order valence-corrected chi connectivity index (χ3v) is 5.55. The molecule has 20 heavy (non-hydrogen) atoms. The Morgan fingerprint density at radius 3 is 2.85 bits per heavy atom. The zero-order valence-corrected chi connectivity index (χ0v) is 13.1. The summed E-state index contributed by atoms with van der Waals surface area (Å²) in [6, 6.07) is 0. The second-order valence-corrected chi connectivity index (χ2v) is 6.99. The van der Waals surface area contributed by atoms with Crippen LogP contribution in [0, 0.1) is 11.8 Å². The van der Waals surface area contributed by atoms with Crippen molar-refractivity contribution in [3.63, 3.8) is 0 Å². The lowest BCUT2D eigenvalue weighted by Crippen LogP contribution is -2.55. The molecule has 0 radical (unpaired) electrons. The maximum absolute atomic E-state index is 6.14. The van der Waals surface area contributed by atoms with E-state index in [2.05, 4.69) is 24.8 Å². The summed E-state index contributed by atoms with van der Waals surface area (Å²) in [6.45, 7) is 10.8. The van der Waals surface area contributed by atoms with E-state index in [0.29, 0.717) is 0 Å². The predicted octanol–water partition coefficient (Wildman–Crippen LogP) is 2.86. The van der Waals surface area contributed by atoms with Gasteiger partial charge in [0.1, 0.15) is 0 Å². The molecule has 2 heterocycles. The predicted molar refractivity (Wildman–Crippen MR) is 80.8 cm³/mol. The van der Waals surface area contributed by atoms with E-state index in [-0.39, 0.29) is 5.60 Å². The van der Waals surface area contributed by atoms with Crippen LogP contribution in [0.15, 0.2) is 11.6 Å². The quantitative estimate of drug-likeness (QED) is 0.726. The van der Waals surface area contributed by atoms with E-state index < -0.39 is 0 Å². The van der Waals surface area contributed by atoms with Crippen molar-refractivity contribution in [1.29, 1.82) is 0 Å². The first-order valence-corrected chi connectivity index (χ1v) is 8.29. The molecule has 2 aliphatic heterocycles. The molecule has 2 atom stereocenters. The average Bonchev–Trinajstić information content (AvgIpc) is 2.44. The smallest absolute Gasteiger partial charge is 0.0853 e. The van der Waals surface area contributed by atoms with Gasteiger partial charge in [-0.05, 0) is 31.6 Å². The van der Waals surface area contributed by atoms with Crippen LogP contribution in [-0.2, 0) is 9.47 Å². The first-order chi connectivity index (χ1) is 9.69. The minimum absolute atomic E-state index is 0.0893. The number of rotatable bonds is 2. The van der Waals surface area contributed by atoms with Gasteiger partial charge in [-0.3, -0.25) is 4.90 Å². The first kappa shape index (κ1) is 14.6. The minimum Gasteiger partial charge on any atom is -0.381 e. The highest BCUT2D eigenvalue weighted by Crippen LogP contribution is 2.33. The largest absolute Gasteiger partial charge is 0.381 e. The van der Waals surface area contributed by atoms with Crippen LogP contribution in [0.5, 0.6) is 0 Å². The Hall–Kier alpha value is -0.380. The molecule has 3 aliphatic rings. The van der Waals surface area contributed by atoms with Crippen molar-refractivity contribution in [3.8, 4) is 0 Å². The van der Waals surface area contributed by atoms with Crippen LogP contribution in [0.1, 0.15) is 39.5 Å². The highest BCUT2D eigenvalue weighted by atomic mass is 16.5. The third-order valence-electron chi connectivity index (χ3n) is 5.55. The molecule has 3 nitrogen and oxygen atoms in total. The Kier molecular flexibility index (Phi) is 4.49. The van der Waals surface area contributed by atoms with Gasteiger partial charge < -0.3 is 9.47 Å². The van der Waals surface area contributed by atoms with E-state index in [4.69, 9.17) is 9.47 Å². The molecule has 3 heteroatoms. The second-order valence-electron chi connectivity index (χ2n) is 6.99. The number of hydrogen-bond acceptors (Lipinski definition) is 3. The van der Waals surface area contributed by atoms with Crippen LogP contribution in [0.25, 0.3) is 0 Å². The molecule has 0 aromatic heterocycles. The number of morpholine rings is 1. The Bertz CT molecular complexity index is 354. The van der Waals surface area contributed by atoms with Crippen molar-refractivity contribution in [2.45, 2.75) is 45.1 Å². The van der Waals surface area contributed by atoms with Crippen LogP contribution in [-0.4, -0.2) is 50.0 Å². The van der Waals surface area contributed by atoms with Gasteiger partial charge in [-0.1, -0.05) is 18.6 Å². The van der Waals surface area contributed by atoms with Gasteiger partial charge >= 0.3 is 0 Å². The minimum atomic E-state index is 0.0893. The number of nitrogens with zero attached hydrogens (tertiary/aromatic N) is 1. The molecule has 0 saturated carbocycles. The lowest BCUT2D eigenvalue weighted by molar-refractivity contribution is -0.155. The molecule has 2 fully saturated rings. The molecule has 0 aromatic carbocycles. The summed E-state index contributed by atoms with van der Waals surface area (Å²) >= 11 is 0. The molecule has 0 amide bonds. The van der Waals surface area contributed by atoms with Gasteiger partial charge in [-0.2, -0.15) is 0 Å². The fourth-order valence-electron chi connectivity index (χ4n) is 4.10. The van der Waals surface area contributed by atoms with E-state index in [0.717, 1.165) is 57.6 Å². The summed E-state index contributed by atoms with van der Waals surface area (Å²) in [7, 11) is 0. The van der Waals surface area contributed by atoms with Crippen LogP contribution < -0.4 is 0 Å². The second kappa shape index (κ2) is 6.17. The van der Waals surface area contributed by atoms with Gasteiger partial charge in [0.15, 0.2) is 0 Å². The SMILES string of the molecule is CC1=CCC[C@H](C)[C@@H]1CN1CCOC2(CCOCC2)C1. The summed E-state index contributed by atoms with van der Waals surface area (Å²) in [4.78, 5) is 2.65. The molecule has 0 aromatic rings. The topological polar surface area (TPSA) is 21.7 Å². The van der Waals surface area contributed by atoms with E-state index in [9.17, 15) is 0 Å². The highest BCUT2D eigenvalue weighted by molar-refractivity contribution is 5.09. The summed E-state index contributed by atoms with van der Waals surface area (Å²) in [5, 5.41) is 0. The van der Waals surface area contributed by atoms with Gasteiger partial charge in [0, 0.05) is 45.7 Å². The van der Waals surface area contributed by atoms with Crippen LogP contribution in [0.4, 0.5) is 0 Å². The zero-order valence-electron chi connectivity index (χ0n) is 13.1. The summed E-state index contributed by atoms with van der Waals surface area (Å²) in [5.74, 6) is 1.58. The van der Waals surface area contributed by atoms with Crippen molar-refractivity contribution in [2.75, 3.05) is 39.5 Å². The van der Waals surface area contributed by atoms with E-state index in [1.807, 2.05) is 0 Å². The highest BCUT2D eigenvalue weighted by Gasteiger charge is 2.39. The number of hydrogen-bond donors (Lipinski definition) is 0. The van der Waals surface area contributed by atoms with Gasteiger partial charge in [0.25, 0.3) is 0 Å². The molecular formula is C17H29NO2. The fraction of sp³-hybridized carbons (Fsp3) is 0.882. The van der Waals surface area contributed by atoms with E-state index in [1.54, 1.807) is 5.57 Å². The van der Waals surface area contributed by atoms with Crippen LogP contribution >= 0.6 is 0 Å². The fourth-order valence-corrected chi connectivity index (χ4v) is 4.10. The zero-order chi connectivity index (χ0) is 14.0. The van der Waals surface area contributed by atoms with Crippen molar-refractivity contribution >= 4 is 0 Å². The normalized spacial score (nSPS) is 35.0. The monoisotopic (exact) mass is 279 g/mol. The van der Waals surface area contributed by atoms with Crippen molar-refractivity contribution < 1.29 is 9.47 Å². The van der Waals surface area contributed by atoms with Crippen molar-refractivity contribution in [3.05, 3.63) is 11.6 Å². The molecule has 0 bridgehead atoms. The maximum atomic E-state index is 6.14. The van der Waals surface area contributed by atoms with Crippen LogP contribution in [0.2, 0.25) is 0 Å². The van der Waals surface area contributed by atoms with Gasteiger partial charge in [0.05, 0.1) is 12.2 Å². The summed E-state index contributed by atoms with van der Waals surface area (Å²) in [5.41, 5.74) is 1.70. The third kappa shape index (κ3) is 3.10. The standard InChI is InChI=1S/C17H29NO2/c1-14-4-3-5-15(2)16(14)12-18-8-11-20-17(13-18)6-9-19-10-7-17/h4,15-16H,3,5-13H2,1-2H3/t15-,16+/m0/s1. The summed E-state index contributed by atoms with van der Waals surface area (Å²) < 4.78 is 11.7. The Balaban J connectivity index is 1.62. The van der Waals surface area contributed by atoms with Crippen molar-refractivity contribution in [1.82, 2.24) is 4.90 Å². The Morgan fingerprint density at radius 1 is 1.30 bits per heavy atom. The van der Waals surface area contributed by atoms with E-state index in [1.165, 1.54) is 19.4 Å². The first-order valence-electron chi connectivity index (χ1n) is 8.29. The molecule has 1 spiro atoms. The lowest BCUT2D eigenvalue weighted by atomic mass is 9.79. The number of allylic oxidation sites excluding steroid dienone is 1. The van der Waals surface area contributed by atoms with Gasteiger partial charge in [0.2, 0.25) is 0 Å². The van der Waals surface area contributed by atoms with Gasteiger partial charge in [-0.25, -0.2) is 0 Å². The Morgan fingerprint density at radius 2 is 2.10 bits per heavy atom. The lowest BCUT2D eigenvalue weighted by Gasteiger charge is -2.46. The molecule has 0 unspecified atom stereocenters. The molecule has 3 rings (SSSR count). The molecular weight excluding hydrogens is 250 g/mol. The maximum Gasteiger partial charge on any atom is 0.0853 e. The molecule has 2 saturated heterocycles. The Labute approximate surface area is 123 Å². The van der Waals surface area contributed by atoms with E-state index >= 15 is 0 Å². The van der Waals surface area contributed by atoms with Crippen molar-refractivity contribution in [2.24, 2.45) is 11.8 Å². The number of ether oxygens (including phenoxy) is 2. The molecule has 114 valence electrons. The van der Waals surface area contributed by atoms with Gasteiger partial charge in [-0.15, -0.1) is 0 Å². The summed E-state index contributed by atoms with van der Waals surface area (Å²) in [6.07, 6.45) is 7.21.